The molecule has 0 saturated carbocycles. The smallest absolute Gasteiger partial charge is 0.264 e. The van der Waals surface area contributed by atoms with E-state index in [1.807, 2.05) is 48.5 Å². The van der Waals surface area contributed by atoms with Crippen molar-refractivity contribution in [3.63, 3.8) is 0 Å². The molecule has 0 aromatic heterocycles. The molecule has 1 atom stereocenters. The molecular weight excluding hydrogens is 466 g/mol. The molecule has 1 amide bonds. The van der Waals surface area contributed by atoms with Crippen LogP contribution >= 0.6 is 15.9 Å². The molecule has 0 unspecified atom stereocenters. The molecule has 1 aliphatic heterocycles. The van der Waals surface area contributed by atoms with Crippen LogP contribution < -0.4 is 4.90 Å². The summed E-state index contributed by atoms with van der Waals surface area (Å²) in [6.07, 6.45) is -0.297. The van der Waals surface area contributed by atoms with Crippen LogP contribution in [0.1, 0.15) is 54.2 Å². The number of halogens is 1. The van der Waals surface area contributed by atoms with Crippen LogP contribution in [0.5, 0.6) is 0 Å². The topological polar surface area (TPSA) is 57.6 Å². The summed E-state index contributed by atoms with van der Waals surface area (Å²) in [6.45, 7) is 6.65. The van der Waals surface area contributed by atoms with Crippen LogP contribution in [-0.4, -0.2) is 16.8 Å². The van der Waals surface area contributed by atoms with Gasteiger partial charge in [0.1, 0.15) is 0 Å². The summed E-state index contributed by atoms with van der Waals surface area (Å²) < 4.78 is 0.953. The highest BCUT2D eigenvalue weighted by Crippen LogP contribution is 2.43. The highest BCUT2D eigenvalue weighted by Gasteiger charge is 2.50. The molecule has 0 saturated heterocycles. The molecule has 32 heavy (non-hydrogen) atoms. The summed E-state index contributed by atoms with van der Waals surface area (Å²) in [5, 5.41) is 11.5. The first kappa shape index (κ1) is 22.4. The third kappa shape index (κ3) is 4.15. The van der Waals surface area contributed by atoms with E-state index in [4.69, 9.17) is 0 Å². The van der Waals surface area contributed by atoms with Crippen LogP contribution in [0.15, 0.2) is 77.3 Å². The Morgan fingerprint density at radius 1 is 0.969 bits per heavy atom. The van der Waals surface area contributed by atoms with Crippen molar-refractivity contribution in [2.75, 3.05) is 4.90 Å². The minimum absolute atomic E-state index is 0.0202. The lowest BCUT2D eigenvalue weighted by molar-refractivity contribution is -0.136. The number of amides is 1. The minimum Gasteiger partial charge on any atom is -0.375 e. The van der Waals surface area contributed by atoms with Gasteiger partial charge >= 0.3 is 0 Å². The van der Waals surface area contributed by atoms with Gasteiger partial charge in [-0.25, -0.2) is 0 Å². The normalized spacial score (nSPS) is 18.0. The van der Waals surface area contributed by atoms with Crippen LogP contribution in [0.3, 0.4) is 0 Å². The maximum absolute atomic E-state index is 13.4. The quantitative estimate of drug-likeness (QED) is 0.462. The van der Waals surface area contributed by atoms with E-state index < -0.39 is 11.5 Å². The van der Waals surface area contributed by atoms with Crippen LogP contribution in [0, 0.1) is 0 Å². The zero-order valence-electron chi connectivity index (χ0n) is 18.4. The van der Waals surface area contributed by atoms with Gasteiger partial charge in [-0.3, -0.25) is 9.59 Å². The fourth-order valence-corrected chi connectivity index (χ4v) is 4.36. The van der Waals surface area contributed by atoms with Crippen molar-refractivity contribution in [1.29, 1.82) is 0 Å². The molecule has 0 spiro atoms. The molecule has 0 aliphatic carbocycles. The molecule has 0 radical (unpaired) electrons. The van der Waals surface area contributed by atoms with Gasteiger partial charge in [-0.1, -0.05) is 91.3 Å². The number of anilines is 1. The number of hydrogen-bond acceptors (Lipinski definition) is 3. The Morgan fingerprint density at radius 3 is 2.22 bits per heavy atom. The number of hydrogen-bond donors (Lipinski definition) is 1. The fourth-order valence-electron chi connectivity index (χ4n) is 4.10. The lowest BCUT2D eigenvalue weighted by Crippen LogP contribution is -2.41. The highest BCUT2D eigenvalue weighted by atomic mass is 79.9. The SMILES string of the molecule is CC(C)(C)c1ccc(C(=O)C[C@]2(O)C(=O)N(Cc3ccc(Br)cc3)c3ccccc32)cc1. The van der Waals surface area contributed by atoms with Gasteiger partial charge in [0.15, 0.2) is 11.4 Å². The second kappa shape index (κ2) is 8.30. The number of Topliss-reactive ketones (excluding diaryl/α,β-unsaturated/α-hetero) is 1. The standard InChI is InChI=1S/C27H26BrNO3/c1-26(2,3)20-12-10-19(11-13-20)24(30)16-27(32)22-6-4-5-7-23(22)29(25(27)31)17-18-8-14-21(28)15-9-18/h4-15,32H,16-17H2,1-3H3/t27-/m1/s1. The number of fused-ring (bicyclic) bond motifs is 1. The predicted octanol–water partition coefficient (Wildman–Crippen LogP) is 5.75. The van der Waals surface area contributed by atoms with E-state index in [0.29, 0.717) is 23.4 Å². The number of rotatable bonds is 5. The van der Waals surface area contributed by atoms with Gasteiger partial charge in [0.2, 0.25) is 0 Å². The third-order valence-electron chi connectivity index (χ3n) is 5.98. The van der Waals surface area contributed by atoms with Gasteiger partial charge in [-0.2, -0.15) is 0 Å². The Hall–Kier alpha value is -2.76. The zero-order chi connectivity index (χ0) is 23.1. The van der Waals surface area contributed by atoms with Crippen molar-refractivity contribution >= 4 is 33.3 Å². The molecule has 4 nitrogen and oxygen atoms in total. The number of aliphatic hydroxyl groups is 1. The molecule has 0 bridgehead atoms. The summed E-state index contributed by atoms with van der Waals surface area (Å²) in [7, 11) is 0. The molecule has 1 N–H and O–H groups in total. The van der Waals surface area contributed by atoms with E-state index in [-0.39, 0.29) is 17.6 Å². The van der Waals surface area contributed by atoms with Crippen LogP contribution in [0.2, 0.25) is 0 Å². The minimum atomic E-state index is -1.88. The second-order valence-corrected chi connectivity index (χ2v) is 10.2. The first-order valence-electron chi connectivity index (χ1n) is 10.6. The van der Waals surface area contributed by atoms with Gasteiger partial charge in [0.25, 0.3) is 5.91 Å². The van der Waals surface area contributed by atoms with Crippen LogP contribution in [-0.2, 0) is 22.4 Å². The van der Waals surface area contributed by atoms with Crippen molar-refractivity contribution in [2.45, 2.75) is 44.8 Å². The van der Waals surface area contributed by atoms with Gasteiger partial charge in [0, 0.05) is 15.6 Å². The Labute approximate surface area is 197 Å². The summed E-state index contributed by atoms with van der Waals surface area (Å²) in [6, 6.07) is 22.3. The van der Waals surface area contributed by atoms with E-state index in [0.717, 1.165) is 15.6 Å². The van der Waals surface area contributed by atoms with Crippen LogP contribution in [0.4, 0.5) is 5.69 Å². The summed E-state index contributed by atoms with van der Waals surface area (Å²) in [5.74, 6) is -0.733. The molecule has 164 valence electrons. The monoisotopic (exact) mass is 491 g/mol. The first-order valence-corrected chi connectivity index (χ1v) is 11.4. The van der Waals surface area contributed by atoms with E-state index >= 15 is 0 Å². The second-order valence-electron chi connectivity index (χ2n) is 9.32. The number of carbonyl (C=O) groups is 2. The molecule has 0 fully saturated rings. The Morgan fingerprint density at radius 2 is 1.59 bits per heavy atom. The number of carbonyl (C=O) groups excluding carboxylic acids is 2. The van der Waals surface area contributed by atoms with E-state index in [1.165, 1.54) is 0 Å². The molecule has 4 rings (SSSR count). The average Bonchev–Trinajstić information content (AvgIpc) is 2.97. The molecule has 1 aliphatic rings. The molecule has 3 aromatic rings. The number of para-hydroxylation sites is 1. The van der Waals surface area contributed by atoms with Crippen molar-refractivity contribution in [3.8, 4) is 0 Å². The average molecular weight is 492 g/mol. The summed E-state index contributed by atoms with van der Waals surface area (Å²) >= 11 is 3.42. The predicted molar refractivity (Wildman–Crippen MR) is 130 cm³/mol. The van der Waals surface area contributed by atoms with Gasteiger partial charge in [-0.05, 0) is 34.7 Å². The number of nitrogens with zero attached hydrogens (tertiary/aromatic N) is 1. The lowest BCUT2D eigenvalue weighted by atomic mass is 9.85. The van der Waals surface area contributed by atoms with Crippen molar-refractivity contribution in [2.24, 2.45) is 0 Å². The largest absolute Gasteiger partial charge is 0.375 e. The van der Waals surface area contributed by atoms with Crippen molar-refractivity contribution in [1.82, 2.24) is 0 Å². The Kier molecular flexibility index (Phi) is 5.82. The molecular formula is C27H26BrNO3. The van der Waals surface area contributed by atoms with E-state index in [1.54, 1.807) is 29.2 Å². The van der Waals surface area contributed by atoms with E-state index in [2.05, 4.69) is 36.7 Å². The van der Waals surface area contributed by atoms with Gasteiger partial charge in [0.05, 0.1) is 18.7 Å². The number of benzene rings is 3. The van der Waals surface area contributed by atoms with Gasteiger partial charge < -0.3 is 10.0 Å². The fraction of sp³-hybridized carbons (Fsp3) is 0.259. The van der Waals surface area contributed by atoms with Crippen molar-refractivity contribution < 1.29 is 14.7 Å². The highest BCUT2D eigenvalue weighted by molar-refractivity contribution is 9.10. The first-order chi connectivity index (χ1) is 15.1. The van der Waals surface area contributed by atoms with Gasteiger partial charge in [-0.15, -0.1) is 0 Å². The Balaban J connectivity index is 1.62. The van der Waals surface area contributed by atoms with Crippen LogP contribution in [0.25, 0.3) is 0 Å². The number of ketones is 1. The molecule has 3 aromatic carbocycles. The third-order valence-corrected chi connectivity index (χ3v) is 6.51. The lowest BCUT2D eigenvalue weighted by Gasteiger charge is -2.23. The maximum atomic E-state index is 13.4. The molecule has 5 heteroatoms. The molecule has 1 heterocycles. The summed E-state index contributed by atoms with van der Waals surface area (Å²) in [5.41, 5.74) is 1.75. The van der Waals surface area contributed by atoms with E-state index in [9.17, 15) is 14.7 Å². The Bertz CT molecular complexity index is 1160. The maximum Gasteiger partial charge on any atom is 0.264 e. The van der Waals surface area contributed by atoms with Crippen molar-refractivity contribution in [3.05, 3.63) is 99.5 Å². The zero-order valence-corrected chi connectivity index (χ0v) is 20.0. The summed E-state index contributed by atoms with van der Waals surface area (Å²) in [4.78, 5) is 28.1.